The molecule has 0 aromatic carbocycles. The van der Waals surface area contributed by atoms with Gasteiger partial charge in [0.25, 0.3) is 0 Å². The highest BCUT2D eigenvalue weighted by Gasteiger charge is 2.07. The maximum atomic E-state index is 11.7. The highest BCUT2D eigenvalue weighted by atomic mass is 31.1. The minimum absolute atomic E-state index is 0.623. The molecule has 0 aromatic rings. The molecule has 1 unspecified atom stereocenters. The van der Waals surface area contributed by atoms with Crippen LogP contribution in [0.15, 0.2) is 0 Å². The van der Waals surface area contributed by atoms with E-state index in [0.29, 0.717) is 6.61 Å². The van der Waals surface area contributed by atoms with Crippen LogP contribution in [-0.2, 0) is 9.09 Å². The molecule has 0 aliphatic heterocycles. The van der Waals surface area contributed by atoms with E-state index in [-0.39, 0.29) is 0 Å². The number of hydrogen-bond acceptors (Lipinski definition) is 2. The molecule has 0 radical (unpaired) electrons. The fourth-order valence-electron chi connectivity index (χ4n) is 1.91. The molecule has 116 valence electrons. The van der Waals surface area contributed by atoms with E-state index in [1.807, 2.05) is 0 Å². The molecule has 0 heterocycles. The smallest absolute Gasteiger partial charge is 0.191 e. The third-order valence-corrected chi connectivity index (χ3v) is 4.55. The Balaban J connectivity index is 3.25. The highest BCUT2D eigenvalue weighted by molar-refractivity contribution is 7.39. The maximum Gasteiger partial charge on any atom is 0.191 e. The average Bonchev–Trinajstić information content (AvgIpc) is 2.31. The molecule has 4 heteroatoms. The summed E-state index contributed by atoms with van der Waals surface area (Å²) in [5.74, 6) is 0. The zero-order chi connectivity index (χ0) is 14.6. The van der Waals surface area contributed by atoms with E-state index >= 15 is 0 Å². The Morgan fingerprint density at radius 2 is 1.42 bits per heavy atom. The average molecular weight is 292 g/mol. The molecule has 3 nitrogen and oxygen atoms in total. The first kappa shape index (κ1) is 19.1. The second kappa shape index (κ2) is 11.9. The molecule has 19 heavy (non-hydrogen) atoms. The molecule has 0 rings (SSSR count). The summed E-state index contributed by atoms with van der Waals surface area (Å²) in [4.78, 5) is 0. The molecule has 0 aliphatic carbocycles. The van der Waals surface area contributed by atoms with Crippen molar-refractivity contribution in [2.75, 3.05) is 40.5 Å². The van der Waals surface area contributed by atoms with Gasteiger partial charge in [0.05, 0.1) is 21.1 Å². The monoisotopic (exact) mass is 292 g/mol. The third-order valence-electron chi connectivity index (χ3n) is 3.26. The van der Waals surface area contributed by atoms with Crippen molar-refractivity contribution in [2.24, 2.45) is 0 Å². The Hall–Kier alpha value is 0.150. The first-order valence-corrected chi connectivity index (χ1v) is 9.44. The van der Waals surface area contributed by atoms with Crippen LogP contribution in [0.4, 0.5) is 0 Å². The summed E-state index contributed by atoms with van der Waals surface area (Å²) < 4.78 is 17.9. The Morgan fingerprint density at radius 3 is 1.95 bits per heavy atom. The fourth-order valence-corrected chi connectivity index (χ4v) is 2.91. The van der Waals surface area contributed by atoms with Gasteiger partial charge in [-0.1, -0.05) is 51.9 Å². The van der Waals surface area contributed by atoms with Gasteiger partial charge < -0.3 is 9.01 Å². The van der Waals surface area contributed by atoms with Crippen LogP contribution in [0.5, 0.6) is 0 Å². The number of hydrogen-bond donors (Lipinski definition) is 0. The molecule has 0 bridgehead atoms. The Morgan fingerprint density at radius 1 is 0.895 bits per heavy atom. The standard InChI is InChI=1S/C15H35NO2P/c1-5-6-7-8-9-10-11-12-15-19(17)18-14-13-16(2,3)4/h19H,5-15H2,1-4H3/q+1. The van der Waals surface area contributed by atoms with Gasteiger partial charge in [0, 0.05) is 6.16 Å². The molecular weight excluding hydrogens is 257 g/mol. The fraction of sp³-hybridized carbons (Fsp3) is 1.00. The van der Waals surface area contributed by atoms with E-state index in [2.05, 4.69) is 28.1 Å². The van der Waals surface area contributed by atoms with Crippen molar-refractivity contribution in [3.63, 3.8) is 0 Å². The molecule has 0 saturated carbocycles. The van der Waals surface area contributed by atoms with Crippen molar-refractivity contribution in [3.8, 4) is 0 Å². The van der Waals surface area contributed by atoms with E-state index in [1.54, 1.807) is 0 Å². The Bertz CT molecular complexity index is 227. The van der Waals surface area contributed by atoms with Gasteiger partial charge in [0.2, 0.25) is 0 Å². The van der Waals surface area contributed by atoms with Gasteiger partial charge in [-0.25, -0.2) is 0 Å². The van der Waals surface area contributed by atoms with Gasteiger partial charge in [-0.05, 0) is 6.42 Å². The van der Waals surface area contributed by atoms with Gasteiger partial charge >= 0.3 is 0 Å². The van der Waals surface area contributed by atoms with E-state index in [4.69, 9.17) is 4.52 Å². The Labute approximate surface area is 121 Å². The van der Waals surface area contributed by atoms with Crippen molar-refractivity contribution in [3.05, 3.63) is 0 Å². The lowest BCUT2D eigenvalue weighted by Gasteiger charge is -2.23. The van der Waals surface area contributed by atoms with Crippen LogP contribution in [0.2, 0.25) is 0 Å². The molecule has 0 aliphatic rings. The molecule has 1 atom stereocenters. The van der Waals surface area contributed by atoms with Gasteiger partial charge in [-0.3, -0.25) is 4.57 Å². The summed E-state index contributed by atoms with van der Waals surface area (Å²) in [6, 6.07) is 0. The molecule has 0 amide bonds. The van der Waals surface area contributed by atoms with Crippen molar-refractivity contribution in [2.45, 2.75) is 58.3 Å². The van der Waals surface area contributed by atoms with Crippen LogP contribution in [0, 0.1) is 0 Å². The number of unbranched alkanes of at least 4 members (excludes halogenated alkanes) is 7. The second-order valence-electron chi connectivity index (χ2n) is 6.46. The molecule has 0 aromatic heterocycles. The zero-order valence-electron chi connectivity index (χ0n) is 13.5. The first-order valence-electron chi connectivity index (χ1n) is 7.92. The number of quaternary nitrogens is 1. The predicted molar refractivity (Wildman–Crippen MR) is 85.3 cm³/mol. The van der Waals surface area contributed by atoms with Crippen LogP contribution in [0.1, 0.15) is 58.3 Å². The lowest BCUT2D eigenvalue weighted by atomic mass is 10.1. The normalized spacial score (nSPS) is 13.7. The summed E-state index contributed by atoms with van der Waals surface area (Å²) in [7, 11) is 4.60. The van der Waals surface area contributed by atoms with E-state index in [9.17, 15) is 4.57 Å². The first-order chi connectivity index (χ1) is 8.95. The van der Waals surface area contributed by atoms with E-state index < -0.39 is 8.03 Å². The topological polar surface area (TPSA) is 26.3 Å². The molecule has 0 saturated heterocycles. The molecular formula is C15H35NO2P+. The number of rotatable bonds is 13. The second-order valence-corrected chi connectivity index (χ2v) is 7.99. The SMILES string of the molecule is CCCCCCCCCC[PH](=O)OCC[N+](C)(C)C. The summed E-state index contributed by atoms with van der Waals surface area (Å²) in [6.07, 6.45) is 11.1. The van der Waals surface area contributed by atoms with Crippen LogP contribution in [0.25, 0.3) is 0 Å². The molecule has 0 spiro atoms. The predicted octanol–water partition coefficient (Wildman–Crippen LogP) is 4.32. The minimum atomic E-state index is -1.77. The van der Waals surface area contributed by atoms with Crippen molar-refractivity contribution < 1.29 is 13.6 Å². The summed E-state index contributed by atoms with van der Waals surface area (Å²) in [5.41, 5.74) is 0. The van der Waals surface area contributed by atoms with Gasteiger partial charge in [-0.2, -0.15) is 0 Å². The minimum Gasteiger partial charge on any atom is -0.329 e. The zero-order valence-corrected chi connectivity index (χ0v) is 14.5. The molecule has 0 fully saturated rings. The van der Waals surface area contributed by atoms with E-state index in [1.165, 1.54) is 44.9 Å². The largest absolute Gasteiger partial charge is 0.329 e. The van der Waals surface area contributed by atoms with Crippen molar-refractivity contribution >= 4 is 8.03 Å². The maximum absolute atomic E-state index is 11.7. The van der Waals surface area contributed by atoms with Crippen LogP contribution >= 0.6 is 8.03 Å². The van der Waals surface area contributed by atoms with Gasteiger partial charge in [-0.15, -0.1) is 0 Å². The lowest BCUT2D eigenvalue weighted by Crippen LogP contribution is -2.37. The van der Waals surface area contributed by atoms with E-state index in [0.717, 1.165) is 23.6 Å². The quantitative estimate of drug-likeness (QED) is 0.287. The molecule has 0 N–H and O–H groups in total. The Kier molecular flexibility index (Phi) is 12.0. The highest BCUT2D eigenvalue weighted by Crippen LogP contribution is 2.24. The number of nitrogens with zero attached hydrogens (tertiary/aromatic N) is 1. The summed E-state index contributed by atoms with van der Waals surface area (Å²) >= 11 is 0. The van der Waals surface area contributed by atoms with Crippen LogP contribution < -0.4 is 0 Å². The van der Waals surface area contributed by atoms with Crippen molar-refractivity contribution in [1.82, 2.24) is 0 Å². The summed E-state index contributed by atoms with van der Waals surface area (Å²) in [6.45, 7) is 3.79. The summed E-state index contributed by atoms with van der Waals surface area (Å²) in [5, 5.41) is 0. The third kappa shape index (κ3) is 16.1. The van der Waals surface area contributed by atoms with Gasteiger partial charge in [0.1, 0.15) is 13.2 Å². The lowest BCUT2D eigenvalue weighted by molar-refractivity contribution is -0.870. The number of likely N-dealkylation sites (N-methyl/N-ethyl adjacent to an activating group) is 1. The van der Waals surface area contributed by atoms with Crippen LogP contribution in [-0.4, -0.2) is 44.9 Å². The van der Waals surface area contributed by atoms with Gasteiger partial charge in [0.15, 0.2) is 8.03 Å². The van der Waals surface area contributed by atoms with Crippen LogP contribution in [0.3, 0.4) is 0 Å². The van der Waals surface area contributed by atoms with Crippen molar-refractivity contribution in [1.29, 1.82) is 0 Å².